The molecule has 0 radical (unpaired) electrons. The van der Waals surface area contributed by atoms with Gasteiger partial charge in [0, 0.05) is 16.7 Å². The highest BCUT2D eigenvalue weighted by atomic mass is 16.5. The second kappa shape index (κ2) is 7.40. The van der Waals surface area contributed by atoms with Gasteiger partial charge in [0.15, 0.2) is 12.3 Å². The van der Waals surface area contributed by atoms with E-state index >= 15 is 0 Å². The summed E-state index contributed by atoms with van der Waals surface area (Å²) >= 11 is 0. The fourth-order valence-corrected chi connectivity index (χ4v) is 2.26. The summed E-state index contributed by atoms with van der Waals surface area (Å²) in [5.74, 6) is 0.763. The molecular weight excluding hydrogens is 280 g/mol. The van der Waals surface area contributed by atoms with E-state index in [2.05, 4.69) is 5.32 Å². The Morgan fingerprint density at radius 3 is 2.41 bits per heavy atom. The molecule has 1 unspecified atom stereocenters. The molecule has 0 heterocycles. The van der Waals surface area contributed by atoms with Crippen LogP contribution in [0.2, 0.25) is 0 Å². The molecule has 0 saturated heterocycles. The maximum atomic E-state index is 12.0. The highest BCUT2D eigenvalue weighted by Crippen LogP contribution is 2.19. The zero-order valence-corrected chi connectivity index (χ0v) is 14.4. The lowest BCUT2D eigenvalue weighted by Gasteiger charge is -2.22. The topological polar surface area (TPSA) is 59.8 Å². The van der Waals surface area contributed by atoms with Crippen LogP contribution in [0.15, 0.2) is 18.2 Å². The molecule has 22 heavy (non-hydrogen) atoms. The summed E-state index contributed by atoms with van der Waals surface area (Å²) in [6.07, 6.45) is 0. The van der Waals surface area contributed by atoms with Gasteiger partial charge in [0.1, 0.15) is 12.3 Å². The van der Waals surface area contributed by atoms with Gasteiger partial charge in [-0.15, -0.1) is 0 Å². The molecule has 0 spiro atoms. The van der Waals surface area contributed by atoms with Gasteiger partial charge in [-0.2, -0.15) is 0 Å². The largest absolute Gasteiger partial charge is 0.496 e. The summed E-state index contributed by atoms with van der Waals surface area (Å²) in [6, 6.07) is 5.40. The molecule has 122 valence electrons. The predicted molar refractivity (Wildman–Crippen MR) is 86.4 cm³/mol. The minimum atomic E-state index is -0.233. The molecule has 0 aromatic heterocycles. The summed E-state index contributed by atoms with van der Waals surface area (Å²) in [4.78, 5) is 24.5. The van der Waals surface area contributed by atoms with Crippen molar-refractivity contribution in [3.8, 4) is 5.75 Å². The minimum Gasteiger partial charge on any atom is -0.496 e. The first-order valence-electron chi connectivity index (χ1n) is 7.42. The van der Waals surface area contributed by atoms with Gasteiger partial charge in [-0.05, 0) is 45.9 Å². The van der Waals surface area contributed by atoms with Gasteiger partial charge in [-0.1, -0.05) is 0 Å². The van der Waals surface area contributed by atoms with Crippen molar-refractivity contribution in [2.75, 3.05) is 20.7 Å². The number of carbonyl (C=O) groups excluding carboxylic acids is 2. The number of benzene rings is 1. The fraction of sp³-hybridized carbons (Fsp3) is 0.529. The molecule has 0 fully saturated rings. The van der Waals surface area contributed by atoms with Crippen LogP contribution in [-0.2, 0) is 11.3 Å². The van der Waals surface area contributed by atoms with Gasteiger partial charge < -0.3 is 15.0 Å². The van der Waals surface area contributed by atoms with Crippen LogP contribution in [0.5, 0.6) is 5.75 Å². The molecular formula is C17H27N2O3+. The molecule has 5 nitrogen and oxygen atoms in total. The average Bonchev–Trinajstić information content (AvgIpc) is 2.35. The van der Waals surface area contributed by atoms with Gasteiger partial charge in [-0.25, -0.2) is 0 Å². The second-order valence-electron chi connectivity index (χ2n) is 6.69. The molecule has 0 bridgehead atoms. The number of quaternary nitrogens is 1. The van der Waals surface area contributed by atoms with Gasteiger partial charge >= 0.3 is 0 Å². The van der Waals surface area contributed by atoms with Crippen LogP contribution in [-0.4, -0.2) is 37.9 Å². The standard InChI is InChI=1S/C17H26N2O3/c1-12(20)13-7-8-15(22-6)14(9-13)10-19(5)11-16(21)18-17(2,3)4/h7-9H,10-11H2,1-6H3,(H,18,21)/p+1. The summed E-state index contributed by atoms with van der Waals surface area (Å²) in [6.45, 7) is 8.39. The van der Waals surface area contributed by atoms with E-state index in [1.807, 2.05) is 33.9 Å². The number of hydrogen-bond donors (Lipinski definition) is 2. The van der Waals surface area contributed by atoms with E-state index in [0.717, 1.165) is 16.2 Å². The van der Waals surface area contributed by atoms with E-state index in [0.29, 0.717) is 18.7 Å². The number of carbonyl (C=O) groups is 2. The monoisotopic (exact) mass is 307 g/mol. The van der Waals surface area contributed by atoms with Crippen LogP contribution >= 0.6 is 0 Å². The Balaban J connectivity index is 2.78. The number of nitrogens with one attached hydrogen (secondary N) is 2. The maximum absolute atomic E-state index is 12.0. The number of rotatable bonds is 6. The summed E-state index contributed by atoms with van der Waals surface area (Å²) in [7, 11) is 3.55. The predicted octanol–water partition coefficient (Wildman–Crippen LogP) is 0.827. The Labute approximate surface area is 132 Å². The van der Waals surface area contributed by atoms with E-state index in [9.17, 15) is 9.59 Å². The Bertz CT molecular complexity index is 547. The minimum absolute atomic E-state index is 0.00619. The van der Waals surface area contributed by atoms with Crippen molar-refractivity contribution in [3.63, 3.8) is 0 Å². The van der Waals surface area contributed by atoms with Gasteiger partial charge in [0.25, 0.3) is 5.91 Å². The van der Waals surface area contributed by atoms with Gasteiger partial charge in [-0.3, -0.25) is 9.59 Å². The van der Waals surface area contributed by atoms with Crippen molar-refractivity contribution in [2.45, 2.75) is 39.8 Å². The van der Waals surface area contributed by atoms with E-state index < -0.39 is 0 Å². The molecule has 1 rings (SSSR count). The lowest BCUT2D eigenvalue weighted by molar-refractivity contribution is -0.885. The summed E-state index contributed by atoms with van der Waals surface area (Å²) in [5, 5.41) is 2.95. The van der Waals surface area contributed by atoms with Crippen molar-refractivity contribution >= 4 is 11.7 Å². The number of ketones is 1. The average molecular weight is 307 g/mol. The first-order valence-corrected chi connectivity index (χ1v) is 7.42. The van der Waals surface area contributed by atoms with Gasteiger partial charge in [0.2, 0.25) is 0 Å². The number of amides is 1. The van der Waals surface area contributed by atoms with E-state index in [4.69, 9.17) is 4.74 Å². The Morgan fingerprint density at radius 1 is 1.27 bits per heavy atom. The molecule has 0 aliphatic carbocycles. The molecule has 0 saturated carbocycles. The van der Waals surface area contributed by atoms with Crippen LogP contribution in [0.3, 0.4) is 0 Å². The molecule has 0 aliphatic rings. The van der Waals surface area contributed by atoms with Crippen molar-refractivity contribution in [1.29, 1.82) is 0 Å². The Kier molecular flexibility index (Phi) is 6.11. The van der Waals surface area contributed by atoms with Crippen LogP contribution in [0.1, 0.15) is 43.6 Å². The van der Waals surface area contributed by atoms with Crippen molar-refractivity contribution in [3.05, 3.63) is 29.3 Å². The zero-order chi connectivity index (χ0) is 16.9. The smallest absolute Gasteiger partial charge is 0.275 e. The third-order valence-corrected chi connectivity index (χ3v) is 3.16. The number of methoxy groups -OCH3 is 1. The lowest BCUT2D eigenvalue weighted by Crippen LogP contribution is -3.09. The van der Waals surface area contributed by atoms with Crippen LogP contribution in [0.4, 0.5) is 0 Å². The first kappa shape index (κ1) is 18.2. The maximum Gasteiger partial charge on any atom is 0.275 e. The third-order valence-electron chi connectivity index (χ3n) is 3.16. The normalized spacial score (nSPS) is 12.6. The molecule has 5 heteroatoms. The van der Waals surface area contributed by atoms with Gasteiger partial charge in [0.05, 0.1) is 14.2 Å². The molecule has 1 amide bonds. The highest BCUT2D eigenvalue weighted by Gasteiger charge is 2.18. The molecule has 1 atom stereocenters. The third kappa shape index (κ3) is 5.85. The van der Waals surface area contributed by atoms with Crippen LogP contribution in [0, 0.1) is 0 Å². The Hall–Kier alpha value is -1.88. The number of Topliss-reactive ketones (excluding diaryl/α,β-unsaturated/α-hetero) is 1. The van der Waals surface area contributed by atoms with Crippen molar-refractivity contribution < 1.29 is 19.2 Å². The summed E-state index contributed by atoms with van der Waals surface area (Å²) in [5.41, 5.74) is 1.35. The quantitative estimate of drug-likeness (QED) is 0.765. The second-order valence-corrected chi connectivity index (χ2v) is 6.69. The molecule has 0 aliphatic heterocycles. The number of ether oxygens (including phenoxy) is 1. The van der Waals surface area contributed by atoms with E-state index in [1.165, 1.54) is 0 Å². The number of likely N-dealkylation sites (N-methyl/N-ethyl adjacent to an activating group) is 1. The van der Waals surface area contributed by atoms with Crippen LogP contribution in [0.25, 0.3) is 0 Å². The molecule has 1 aromatic carbocycles. The highest BCUT2D eigenvalue weighted by molar-refractivity contribution is 5.94. The molecule has 1 aromatic rings. The molecule has 2 N–H and O–H groups in total. The van der Waals surface area contributed by atoms with Crippen LogP contribution < -0.4 is 15.0 Å². The Morgan fingerprint density at radius 2 is 1.91 bits per heavy atom. The van der Waals surface area contributed by atoms with Crippen molar-refractivity contribution in [1.82, 2.24) is 5.32 Å². The van der Waals surface area contributed by atoms with E-state index in [-0.39, 0.29) is 17.2 Å². The SMILES string of the molecule is COc1ccc(C(C)=O)cc1C[NH+](C)CC(=O)NC(C)(C)C. The fourth-order valence-electron chi connectivity index (χ4n) is 2.26. The number of hydrogen-bond acceptors (Lipinski definition) is 3. The lowest BCUT2D eigenvalue weighted by atomic mass is 10.1. The first-order chi connectivity index (χ1) is 10.1. The van der Waals surface area contributed by atoms with E-state index in [1.54, 1.807) is 26.2 Å². The zero-order valence-electron chi connectivity index (χ0n) is 14.4. The van der Waals surface area contributed by atoms with Crippen molar-refractivity contribution in [2.24, 2.45) is 0 Å². The summed E-state index contributed by atoms with van der Waals surface area (Å²) < 4.78 is 5.34.